The average Bonchev–Trinajstić information content (AvgIpc) is 2.90. The first-order valence-electron chi connectivity index (χ1n) is 8.43. The summed E-state index contributed by atoms with van der Waals surface area (Å²) in [7, 11) is 0. The van der Waals surface area contributed by atoms with Crippen LogP contribution in [0.1, 0.15) is 58.8 Å². The molecule has 2 aliphatic rings. The average molecular weight is 281 g/mol. The highest BCUT2D eigenvalue weighted by Gasteiger charge is 2.32. The molecule has 0 bridgehead atoms. The summed E-state index contributed by atoms with van der Waals surface area (Å²) in [6.07, 6.45) is 7.90. The maximum absolute atomic E-state index is 12.3. The zero-order valence-electron chi connectivity index (χ0n) is 13.2. The molecule has 2 rings (SSSR count). The Morgan fingerprint density at radius 3 is 2.50 bits per heavy atom. The largest absolute Gasteiger partial charge is 0.341 e. The summed E-state index contributed by atoms with van der Waals surface area (Å²) in [5, 5.41) is 0. The van der Waals surface area contributed by atoms with Gasteiger partial charge >= 0.3 is 0 Å². The molecule has 4 nitrogen and oxygen atoms in total. The molecule has 2 unspecified atom stereocenters. The number of likely N-dealkylation sites (tertiary alicyclic amines) is 2. The van der Waals surface area contributed by atoms with Gasteiger partial charge < -0.3 is 10.6 Å². The lowest BCUT2D eigenvalue weighted by molar-refractivity contribution is -0.134. The van der Waals surface area contributed by atoms with E-state index in [0.29, 0.717) is 6.04 Å². The smallest absolute Gasteiger partial charge is 0.239 e. The molecule has 2 saturated heterocycles. The minimum absolute atomic E-state index is 0.173. The monoisotopic (exact) mass is 281 g/mol. The molecule has 20 heavy (non-hydrogen) atoms. The van der Waals surface area contributed by atoms with Crippen molar-refractivity contribution in [1.29, 1.82) is 0 Å². The number of hydrogen-bond donors (Lipinski definition) is 1. The molecule has 0 radical (unpaired) electrons. The molecule has 0 aliphatic carbocycles. The van der Waals surface area contributed by atoms with Crippen LogP contribution < -0.4 is 5.73 Å². The van der Waals surface area contributed by atoms with Gasteiger partial charge in [-0.2, -0.15) is 0 Å². The van der Waals surface area contributed by atoms with Crippen LogP contribution in [-0.2, 0) is 4.79 Å². The lowest BCUT2D eigenvalue weighted by atomic mass is 10.0. The van der Waals surface area contributed by atoms with Gasteiger partial charge in [-0.3, -0.25) is 9.69 Å². The Morgan fingerprint density at radius 2 is 1.95 bits per heavy atom. The van der Waals surface area contributed by atoms with E-state index in [1.165, 1.54) is 19.4 Å². The van der Waals surface area contributed by atoms with E-state index in [-0.39, 0.29) is 11.9 Å². The summed E-state index contributed by atoms with van der Waals surface area (Å²) in [6.45, 7) is 7.51. The van der Waals surface area contributed by atoms with Gasteiger partial charge in [0, 0.05) is 25.2 Å². The number of nitrogens with zero attached hydrogens (tertiary/aromatic N) is 2. The third kappa shape index (κ3) is 3.73. The predicted molar refractivity (Wildman–Crippen MR) is 82.5 cm³/mol. The first-order valence-corrected chi connectivity index (χ1v) is 8.43. The number of carbonyl (C=O) groups is 1. The number of unbranched alkanes of at least 4 members (excludes halogenated alkanes) is 1. The number of carbonyl (C=O) groups excluding carboxylic acids is 1. The summed E-state index contributed by atoms with van der Waals surface area (Å²) in [5.41, 5.74) is 6.01. The molecular formula is C16H31N3O. The molecule has 0 aromatic heterocycles. The minimum Gasteiger partial charge on any atom is -0.341 e. The van der Waals surface area contributed by atoms with Crippen LogP contribution in [0.25, 0.3) is 0 Å². The predicted octanol–water partition coefficient (Wildman–Crippen LogP) is 1.98. The molecule has 2 aliphatic heterocycles. The van der Waals surface area contributed by atoms with E-state index < -0.39 is 0 Å². The van der Waals surface area contributed by atoms with E-state index in [1.807, 2.05) is 4.90 Å². The molecule has 2 fully saturated rings. The van der Waals surface area contributed by atoms with E-state index >= 15 is 0 Å². The molecule has 2 heterocycles. The van der Waals surface area contributed by atoms with E-state index in [2.05, 4.69) is 18.7 Å². The van der Waals surface area contributed by atoms with Crippen LogP contribution >= 0.6 is 0 Å². The fourth-order valence-electron chi connectivity index (χ4n) is 3.70. The van der Waals surface area contributed by atoms with Crippen LogP contribution in [-0.4, -0.2) is 53.5 Å². The lowest BCUT2D eigenvalue weighted by Gasteiger charge is -2.39. The molecule has 2 atom stereocenters. The molecule has 0 spiro atoms. The highest BCUT2D eigenvalue weighted by Crippen LogP contribution is 2.25. The fraction of sp³-hybridized carbons (Fsp3) is 0.938. The summed E-state index contributed by atoms with van der Waals surface area (Å²) < 4.78 is 0. The van der Waals surface area contributed by atoms with Crippen LogP contribution in [0.2, 0.25) is 0 Å². The summed E-state index contributed by atoms with van der Waals surface area (Å²) in [5.74, 6) is 0.173. The van der Waals surface area contributed by atoms with Crippen LogP contribution in [0.15, 0.2) is 0 Å². The van der Waals surface area contributed by atoms with Gasteiger partial charge in [-0.1, -0.05) is 19.8 Å². The zero-order chi connectivity index (χ0) is 14.5. The van der Waals surface area contributed by atoms with Crippen molar-refractivity contribution in [3.63, 3.8) is 0 Å². The van der Waals surface area contributed by atoms with Gasteiger partial charge in [-0.15, -0.1) is 0 Å². The molecule has 4 heteroatoms. The summed E-state index contributed by atoms with van der Waals surface area (Å²) in [6, 6.07) is 1.13. The van der Waals surface area contributed by atoms with Gasteiger partial charge in [-0.05, 0) is 45.6 Å². The van der Waals surface area contributed by atoms with Gasteiger partial charge in [0.2, 0.25) is 5.91 Å². The normalized spacial score (nSPS) is 26.9. The molecule has 0 aromatic carbocycles. The van der Waals surface area contributed by atoms with Gasteiger partial charge in [0.05, 0.1) is 6.04 Å². The van der Waals surface area contributed by atoms with Crippen molar-refractivity contribution in [2.24, 2.45) is 5.73 Å². The third-order valence-corrected chi connectivity index (χ3v) is 5.04. The van der Waals surface area contributed by atoms with Crippen molar-refractivity contribution in [2.45, 2.75) is 76.9 Å². The number of amides is 1. The Bertz CT molecular complexity index is 313. The van der Waals surface area contributed by atoms with E-state index in [9.17, 15) is 4.79 Å². The number of rotatable bonds is 5. The molecule has 1 amide bonds. The van der Waals surface area contributed by atoms with Crippen LogP contribution in [0.3, 0.4) is 0 Å². The van der Waals surface area contributed by atoms with Gasteiger partial charge in [0.25, 0.3) is 0 Å². The Kier molecular flexibility index (Phi) is 5.85. The van der Waals surface area contributed by atoms with Crippen molar-refractivity contribution < 1.29 is 4.79 Å². The van der Waals surface area contributed by atoms with Crippen molar-refractivity contribution >= 4 is 5.91 Å². The second-order valence-corrected chi connectivity index (χ2v) is 6.53. The molecule has 0 saturated carbocycles. The van der Waals surface area contributed by atoms with Crippen molar-refractivity contribution in [3.8, 4) is 0 Å². The SMILES string of the molecule is CCCCC(N)C(=O)N1CCC(N2CCCC2C)CC1. The Hall–Kier alpha value is -0.610. The van der Waals surface area contributed by atoms with Gasteiger partial charge in [0.15, 0.2) is 0 Å². The highest BCUT2D eigenvalue weighted by atomic mass is 16.2. The van der Waals surface area contributed by atoms with E-state index in [4.69, 9.17) is 5.73 Å². The van der Waals surface area contributed by atoms with E-state index in [0.717, 1.165) is 51.2 Å². The second-order valence-electron chi connectivity index (χ2n) is 6.53. The first-order chi connectivity index (χ1) is 9.63. The Labute approximate surface area is 123 Å². The fourth-order valence-corrected chi connectivity index (χ4v) is 3.70. The van der Waals surface area contributed by atoms with E-state index in [1.54, 1.807) is 0 Å². The zero-order valence-corrected chi connectivity index (χ0v) is 13.2. The lowest BCUT2D eigenvalue weighted by Crippen LogP contribution is -2.51. The van der Waals surface area contributed by atoms with Crippen molar-refractivity contribution in [1.82, 2.24) is 9.80 Å². The molecule has 116 valence electrons. The highest BCUT2D eigenvalue weighted by molar-refractivity contribution is 5.81. The molecule has 2 N–H and O–H groups in total. The maximum atomic E-state index is 12.3. The molecular weight excluding hydrogens is 250 g/mol. The maximum Gasteiger partial charge on any atom is 0.239 e. The van der Waals surface area contributed by atoms with Gasteiger partial charge in [0.1, 0.15) is 0 Å². The molecule has 0 aromatic rings. The van der Waals surface area contributed by atoms with Crippen molar-refractivity contribution in [3.05, 3.63) is 0 Å². The first kappa shape index (κ1) is 15.8. The standard InChI is InChI=1S/C16H31N3O/c1-3-4-7-15(17)16(20)18-11-8-14(9-12-18)19-10-5-6-13(19)2/h13-15H,3-12,17H2,1-2H3. The Morgan fingerprint density at radius 1 is 1.25 bits per heavy atom. The minimum atomic E-state index is -0.280. The second kappa shape index (κ2) is 7.41. The number of piperidine rings is 1. The quantitative estimate of drug-likeness (QED) is 0.838. The Balaban J connectivity index is 1.77. The van der Waals surface area contributed by atoms with Crippen molar-refractivity contribution in [2.75, 3.05) is 19.6 Å². The number of nitrogens with two attached hydrogens (primary N) is 1. The van der Waals surface area contributed by atoms with Crippen LogP contribution in [0.5, 0.6) is 0 Å². The van der Waals surface area contributed by atoms with Gasteiger partial charge in [-0.25, -0.2) is 0 Å². The van der Waals surface area contributed by atoms with Crippen LogP contribution in [0, 0.1) is 0 Å². The van der Waals surface area contributed by atoms with Crippen LogP contribution in [0.4, 0.5) is 0 Å². The third-order valence-electron chi connectivity index (χ3n) is 5.04. The summed E-state index contributed by atoms with van der Waals surface area (Å²) in [4.78, 5) is 16.9. The number of hydrogen-bond acceptors (Lipinski definition) is 3. The topological polar surface area (TPSA) is 49.6 Å². The summed E-state index contributed by atoms with van der Waals surface area (Å²) >= 11 is 0.